The number of carbonyl (C=O) groups excluding carboxylic acids is 1. The molecule has 1 aromatic rings. The second kappa shape index (κ2) is 6.58. The lowest BCUT2D eigenvalue weighted by atomic mass is 9.81. The van der Waals surface area contributed by atoms with Crippen LogP contribution in [0.2, 0.25) is 0 Å². The van der Waals surface area contributed by atoms with Gasteiger partial charge in [-0.3, -0.25) is 4.79 Å². The molecule has 1 spiro atoms. The van der Waals surface area contributed by atoms with Crippen molar-refractivity contribution >= 4 is 11.5 Å². The van der Waals surface area contributed by atoms with Gasteiger partial charge in [-0.25, -0.2) is 0 Å². The number of hydrogen-bond acceptors (Lipinski definition) is 5. The molecule has 2 N–H and O–H groups in total. The van der Waals surface area contributed by atoms with Gasteiger partial charge in [0.05, 0.1) is 18.8 Å². The number of aryl methyl sites for hydroxylation is 3. The highest BCUT2D eigenvalue weighted by Gasteiger charge is 2.55. The Morgan fingerprint density at radius 2 is 1.68 bits per heavy atom. The first-order valence-electron chi connectivity index (χ1n) is 10.0. The fraction of sp³-hybridized carbons (Fsp3) is 0.591. The molecular formula is C22H30N2O4. The van der Waals surface area contributed by atoms with Crippen LogP contribution in [0.15, 0.2) is 17.9 Å². The van der Waals surface area contributed by atoms with Gasteiger partial charge in [-0.05, 0) is 50.3 Å². The van der Waals surface area contributed by atoms with E-state index in [1.165, 1.54) is 5.06 Å². The number of piperidine rings is 1. The largest absolute Gasteiger partial charge is 0.509 e. The zero-order valence-electron chi connectivity index (χ0n) is 17.2. The molecule has 2 fully saturated rings. The summed E-state index contributed by atoms with van der Waals surface area (Å²) in [6, 6.07) is 4.12. The fourth-order valence-corrected chi connectivity index (χ4v) is 5.11. The Labute approximate surface area is 166 Å². The Bertz CT molecular complexity index is 825. The summed E-state index contributed by atoms with van der Waals surface area (Å²) >= 11 is 0. The van der Waals surface area contributed by atoms with Crippen LogP contribution < -0.4 is 0 Å². The van der Waals surface area contributed by atoms with Crippen LogP contribution in [-0.4, -0.2) is 64.6 Å². The number of rotatable bonds is 3. The van der Waals surface area contributed by atoms with Gasteiger partial charge in [0.2, 0.25) is 0 Å². The van der Waals surface area contributed by atoms with Gasteiger partial charge >= 0.3 is 0 Å². The Hall–Kier alpha value is -1.89. The van der Waals surface area contributed by atoms with Crippen LogP contribution >= 0.6 is 0 Å². The van der Waals surface area contributed by atoms with Crippen molar-refractivity contribution in [3.05, 3.63) is 40.1 Å². The number of hydroxylamine groups is 2. The molecule has 0 aliphatic carbocycles. The minimum atomic E-state index is -0.742. The van der Waals surface area contributed by atoms with E-state index in [-0.39, 0.29) is 17.1 Å². The molecular weight excluding hydrogens is 356 g/mol. The summed E-state index contributed by atoms with van der Waals surface area (Å²) in [7, 11) is 0. The SMILES string of the molecule is Cc1cc(C)c(C2=C(O)C3(CCN(O)CC3)N(CC3(C)COC3)C2=O)c(C)c1. The Balaban J connectivity index is 1.82. The molecule has 0 saturated carbocycles. The molecule has 1 amide bonds. The van der Waals surface area contributed by atoms with Gasteiger partial charge in [0, 0.05) is 25.0 Å². The lowest BCUT2D eigenvalue weighted by Gasteiger charge is -2.48. The molecule has 0 aromatic heterocycles. The summed E-state index contributed by atoms with van der Waals surface area (Å²) in [6.07, 6.45) is 1.04. The second-order valence-corrected chi connectivity index (χ2v) is 9.18. The summed E-state index contributed by atoms with van der Waals surface area (Å²) in [5.41, 5.74) is 3.59. The monoisotopic (exact) mass is 386 g/mol. The number of hydrogen-bond donors (Lipinski definition) is 2. The average molecular weight is 386 g/mol. The van der Waals surface area contributed by atoms with Crippen LogP contribution in [0.3, 0.4) is 0 Å². The lowest BCUT2D eigenvalue weighted by Crippen LogP contribution is -2.59. The van der Waals surface area contributed by atoms with Crippen LogP contribution in [0.1, 0.15) is 42.0 Å². The van der Waals surface area contributed by atoms with Crippen molar-refractivity contribution in [2.45, 2.75) is 46.1 Å². The fourth-order valence-electron chi connectivity index (χ4n) is 5.11. The first kappa shape index (κ1) is 19.4. The highest BCUT2D eigenvalue weighted by molar-refractivity contribution is 6.24. The van der Waals surface area contributed by atoms with Gasteiger partial charge in [-0.1, -0.05) is 24.6 Å². The normalized spacial score (nSPS) is 24.2. The summed E-state index contributed by atoms with van der Waals surface area (Å²) in [5, 5.41) is 22.6. The third kappa shape index (κ3) is 2.86. The van der Waals surface area contributed by atoms with Gasteiger partial charge in [0.1, 0.15) is 11.3 Å². The lowest BCUT2D eigenvalue weighted by molar-refractivity contribution is -0.161. The van der Waals surface area contributed by atoms with Crippen molar-refractivity contribution < 1.29 is 19.8 Å². The standard InChI is InChI=1S/C22H30N2O4/c1-14-9-15(2)17(16(3)10-14)18-19(25)22(5-7-23(27)8-6-22)24(20(18)26)11-21(4)12-28-13-21/h9-10,25,27H,5-8,11-13H2,1-4H3. The first-order valence-corrected chi connectivity index (χ1v) is 10.0. The zero-order valence-corrected chi connectivity index (χ0v) is 17.2. The van der Waals surface area contributed by atoms with Gasteiger partial charge in [0.25, 0.3) is 5.91 Å². The third-order valence-corrected chi connectivity index (χ3v) is 6.59. The molecule has 1 aromatic carbocycles. The van der Waals surface area contributed by atoms with Gasteiger partial charge in [-0.15, -0.1) is 0 Å². The van der Waals surface area contributed by atoms with Gasteiger partial charge in [-0.2, -0.15) is 5.06 Å². The van der Waals surface area contributed by atoms with E-state index < -0.39 is 5.54 Å². The van der Waals surface area contributed by atoms with E-state index in [9.17, 15) is 15.1 Å². The Morgan fingerprint density at radius 1 is 1.11 bits per heavy atom. The summed E-state index contributed by atoms with van der Waals surface area (Å²) in [5.74, 6) is 0.0663. The molecule has 4 rings (SSSR count). The van der Waals surface area contributed by atoms with Crippen molar-refractivity contribution in [3.63, 3.8) is 0 Å². The minimum Gasteiger partial charge on any atom is -0.509 e. The molecule has 0 radical (unpaired) electrons. The highest BCUT2D eigenvalue weighted by atomic mass is 16.5. The van der Waals surface area contributed by atoms with E-state index in [0.29, 0.717) is 51.3 Å². The molecule has 152 valence electrons. The predicted octanol–water partition coefficient (Wildman–Crippen LogP) is 2.98. The smallest absolute Gasteiger partial charge is 0.258 e. The Morgan fingerprint density at radius 3 is 2.18 bits per heavy atom. The molecule has 3 aliphatic heterocycles. The number of aliphatic hydroxyl groups is 1. The molecule has 6 heteroatoms. The maximum absolute atomic E-state index is 13.7. The van der Waals surface area contributed by atoms with Crippen LogP contribution in [0.5, 0.6) is 0 Å². The quantitative estimate of drug-likeness (QED) is 0.836. The number of nitrogens with zero attached hydrogens (tertiary/aromatic N) is 2. The first-order chi connectivity index (χ1) is 13.2. The molecule has 3 heterocycles. The van der Waals surface area contributed by atoms with E-state index in [2.05, 4.69) is 19.1 Å². The number of carbonyl (C=O) groups is 1. The van der Waals surface area contributed by atoms with E-state index in [0.717, 1.165) is 22.3 Å². The second-order valence-electron chi connectivity index (χ2n) is 9.18. The van der Waals surface area contributed by atoms with Crippen molar-refractivity contribution in [2.24, 2.45) is 5.41 Å². The van der Waals surface area contributed by atoms with E-state index >= 15 is 0 Å². The highest BCUT2D eigenvalue weighted by Crippen LogP contribution is 2.48. The van der Waals surface area contributed by atoms with E-state index in [4.69, 9.17) is 4.74 Å². The van der Waals surface area contributed by atoms with Crippen LogP contribution in [0, 0.1) is 26.2 Å². The topological polar surface area (TPSA) is 73.2 Å². The predicted molar refractivity (Wildman–Crippen MR) is 106 cm³/mol. The van der Waals surface area contributed by atoms with Gasteiger partial charge < -0.3 is 20.0 Å². The van der Waals surface area contributed by atoms with Crippen molar-refractivity contribution in [2.75, 3.05) is 32.8 Å². The number of benzene rings is 1. The third-order valence-electron chi connectivity index (χ3n) is 6.59. The zero-order chi connectivity index (χ0) is 20.3. The average Bonchev–Trinajstić information content (AvgIpc) is 2.78. The Kier molecular flexibility index (Phi) is 4.56. The van der Waals surface area contributed by atoms with Crippen molar-refractivity contribution in [3.8, 4) is 0 Å². The van der Waals surface area contributed by atoms with Crippen LogP contribution in [-0.2, 0) is 9.53 Å². The number of amides is 1. The van der Waals surface area contributed by atoms with E-state index in [1.54, 1.807) is 0 Å². The molecule has 2 saturated heterocycles. The van der Waals surface area contributed by atoms with Crippen molar-refractivity contribution in [1.82, 2.24) is 9.96 Å². The molecule has 0 atom stereocenters. The molecule has 0 unspecified atom stereocenters. The summed E-state index contributed by atoms with van der Waals surface area (Å²) in [6.45, 7) is 10.8. The number of aliphatic hydroxyl groups excluding tert-OH is 1. The minimum absolute atomic E-state index is 0.0912. The van der Waals surface area contributed by atoms with Gasteiger partial charge in [0.15, 0.2) is 0 Å². The maximum Gasteiger partial charge on any atom is 0.258 e. The van der Waals surface area contributed by atoms with Crippen LogP contribution in [0.4, 0.5) is 0 Å². The molecule has 28 heavy (non-hydrogen) atoms. The summed E-state index contributed by atoms with van der Waals surface area (Å²) in [4.78, 5) is 15.5. The van der Waals surface area contributed by atoms with E-state index in [1.807, 2.05) is 25.7 Å². The molecule has 3 aliphatic rings. The molecule has 0 bridgehead atoms. The van der Waals surface area contributed by atoms with Crippen LogP contribution in [0.25, 0.3) is 5.57 Å². The number of ether oxygens (including phenoxy) is 1. The maximum atomic E-state index is 13.7. The molecule has 6 nitrogen and oxygen atoms in total. The van der Waals surface area contributed by atoms with Crippen molar-refractivity contribution in [1.29, 1.82) is 0 Å². The summed E-state index contributed by atoms with van der Waals surface area (Å²) < 4.78 is 5.40.